The number of hydrogen-bond acceptors (Lipinski definition) is 3. The molecule has 1 aromatic carbocycles. The lowest BCUT2D eigenvalue weighted by Gasteiger charge is -2.19. The van der Waals surface area contributed by atoms with Crippen molar-refractivity contribution in [3.63, 3.8) is 0 Å². The fraction of sp³-hybridized carbons (Fsp3) is 0.600. The van der Waals surface area contributed by atoms with E-state index >= 15 is 0 Å². The average molecular weight is 251 g/mol. The van der Waals surface area contributed by atoms with Gasteiger partial charge in [0.25, 0.3) is 0 Å². The maximum absolute atomic E-state index is 10.1. The first-order chi connectivity index (χ1) is 8.67. The van der Waals surface area contributed by atoms with E-state index in [0.29, 0.717) is 12.5 Å². The van der Waals surface area contributed by atoms with E-state index in [1.807, 2.05) is 13.1 Å². The van der Waals surface area contributed by atoms with E-state index in [1.54, 1.807) is 7.11 Å². The lowest BCUT2D eigenvalue weighted by atomic mass is 9.91. The Kier molecular flexibility index (Phi) is 6.16. The minimum Gasteiger partial charge on any atom is -0.496 e. The molecule has 0 saturated carbocycles. The lowest BCUT2D eigenvalue weighted by molar-refractivity contribution is 0.173. The number of likely N-dealkylation sites (N-methyl/N-ethyl adjacent to an activating group) is 1. The normalized spacial score (nSPS) is 12.8. The van der Waals surface area contributed by atoms with Gasteiger partial charge in [-0.25, -0.2) is 0 Å². The van der Waals surface area contributed by atoms with Gasteiger partial charge in [0.15, 0.2) is 0 Å². The molecule has 0 spiro atoms. The molecule has 3 nitrogen and oxygen atoms in total. The number of hydrogen-bond donors (Lipinski definition) is 2. The van der Waals surface area contributed by atoms with Crippen molar-refractivity contribution in [2.75, 3.05) is 20.7 Å². The van der Waals surface area contributed by atoms with Gasteiger partial charge >= 0.3 is 0 Å². The second-order valence-corrected chi connectivity index (χ2v) is 4.59. The predicted octanol–water partition coefficient (Wildman–Crippen LogP) is 2.85. The maximum Gasteiger partial charge on any atom is 0.124 e. The van der Waals surface area contributed by atoms with Gasteiger partial charge in [-0.05, 0) is 43.5 Å². The standard InChI is InChI=1S/C15H25NO2/c1-5-11(6-2)12-7-8-15(18-4)13(9-12)14(17)10-16-3/h7-9,11,14,16-17H,5-6,10H2,1-4H3. The SMILES string of the molecule is CCC(CC)c1ccc(OC)c(C(O)CNC)c1. The molecule has 1 aromatic rings. The van der Waals surface area contributed by atoms with Crippen LogP contribution in [0.2, 0.25) is 0 Å². The molecular formula is C15H25NO2. The minimum atomic E-state index is -0.528. The molecule has 102 valence electrons. The Balaban J connectivity index is 3.08. The molecule has 18 heavy (non-hydrogen) atoms. The van der Waals surface area contributed by atoms with Crippen LogP contribution in [0.15, 0.2) is 18.2 Å². The van der Waals surface area contributed by atoms with Crippen molar-refractivity contribution in [2.45, 2.75) is 38.7 Å². The Labute approximate surface area is 110 Å². The molecule has 1 atom stereocenters. The quantitative estimate of drug-likeness (QED) is 0.783. The summed E-state index contributed by atoms with van der Waals surface area (Å²) in [4.78, 5) is 0. The van der Waals surface area contributed by atoms with Crippen molar-refractivity contribution in [3.05, 3.63) is 29.3 Å². The fourth-order valence-electron chi connectivity index (χ4n) is 2.33. The number of aliphatic hydroxyl groups excluding tert-OH is 1. The highest BCUT2D eigenvalue weighted by atomic mass is 16.5. The molecule has 0 aliphatic rings. The van der Waals surface area contributed by atoms with E-state index < -0.39 is 6.10 Å². The van der Waals surface area contributed by atoms with E-state index in [0.717, 1.165) is 24.2 Å². The van der Waals surface area contributed by atoms with Crippen molar-refractivity contribution >= 4 is 0 Å². The molecule has 0 aliphatic carbocycles. The number of aliphatic hydroxyl groups is 1. The summed E-state index contributed by atoms with van der Waals surface area (Å²) in [6.07, 6.45) is 1.70. The van der Waals surface area contributed by atoms with Crippen molar-refractivity contribution in [2.24, 2.45) is 0 Å². The monoisotopic (exact) mass is 251 g/mol. The summed E-state index contributed by atoms with van der Waals surface area (Å²) >= 11 is 0. The van der Waals surface area contributed by atoms with Crippen molar-refractivity contribution in [1.29, 1.82) is 0 Å². The highest BCUT2D eigenvalue weighted by molar-refractivity contribution is 5.40. The molecule has 2 N–H and O–H groups in total. The Morgan fingerprint density at radius 1 is 1.28 bits per heavy atom. The predicted molar refractivity (Wildman–Crippen MR) is 75.2 cm³/mol. The molecule has 0 saturated heterocycles. The van der Waals surface area contributed by atoms with Gasteiger partial charge in [0.2, 0.25) is 0 Å². The molecule has 0 aliphatic heterocycles. The molecule has 3 heteroatoms. The second kappa shape index (κ2) is 7.39. The zero-order valence-electron chi connectivity index (χ0n) is 11.9. The van der Waals surface area contributed by atoms with E-state index in [9.17, 15) is 5.11 Å². The molecule has 0 bridgehead atoms. The van der Waals surface area contributed by atoms with Crippen LogP contribution < -0.4 is 10.1 Å². The Bertz CT molecular complexity index is 362. The first-order valence-corrected chi connectivity index (χ1v) is 6.68. The third-order valence-electron chi connectivity index (χ3n) is 3.47. The van der Waals surface area contributed by atoms with Gasteiger partial charge < -0.3 is 15.2 Å². The van der Waals surface area contributed by atoms with Crippen LogP contribution in [0, 0.1) is 0 Å². The van der Waals surface area contributed by atoms with Gasteiger partial charge in [-0.1, -0.05) is 19.9 Å². The van der Waals surface area contributed by atoms with Crippen LogP contribution in [0.4, 0.5) is 0 Å². The zero-order valence-corrected chi connectivity index (χ0v) is 11.9. The number of ether oxygens (including phenoxy) is 1. The van der Waals surface area contributed by atoms with Gasteiger partial charge in [0.1, 0.15) is 5.75 Å². The average Bonchev–Trinajstić information content (AvgIpc) is 2.40. The summed E-state index contributed by atoms with van der Waals surface area (Å²) in [6, 6.07) is 6.15. The molecule has 0 aromatic heterocycles. The van der Waals surface area contributed by atoms with Crippen LogP contribution in [-0.2, 0) is 0 Å². The van der Waals surface area contributed by atoms with Gasteiger partial charge in [-0.2, -0.15) is 0 Å². The molecule has 0 amide bonds. The minimum absolute atomic E-state index is 0.528. The van der Waals surface area contributed by atoms with Crippen LogP contribution in [0.3, 0.4) is 0 Å². The number of nitrogens with one attached hydrogen (secondary N) is 1. The summed E-state index contributed by atoms with van der Waals surface area (Å²) in [7, 11) is 3.47. The molecule has 1 unspecified atom stereocenters. The van der Waals surface area contributed by atoms with E-state index in [-0.39, 0.29) is 0 Å². The summed E-state index contributed by atoms with van der Waals surface area (Å²) in [6.45, 7) is 4.92. The fourth-order valence-corrected chi connectivity index (χ4v) is 2.33. The first-order valence-electron chi connectivity index (χ1n) is 6.68. The highest BCUT2D eigenvalue weighted by Gasteiger charge is 2.16. The third-order valence-corrected chi connectivity index (χ3v) is 3.47. The topological polar surface area (TPSA) is 41.5 Å². The van der Waals surface area contributed by atoms with Gasteiger partial charge in [-0.3, -0.25) is 0 Å². The molecule has 0 heterocycles. The summed E-state index contributed by atoms with van der Waals surface area (Å²) in [5.41, 5.74) is 2.15. The van der Waals surface area contributed by atoms with E-state index in [2.05, 4.69) is 31.3 Å². The second-order valence-electron chi connectivity index (χ2n) is 4.59. The first kappa shape index (κ1) is 15.0. The van der Waals surface area contributed by atoms with Crippen molar-refractivity contribution in [3.8, 4) is 5.75 Å². The van der Waals surface area contributed by atoms with Gasteiger partial charge in [0.05, 0.1) is 13.2 Å². The molecule has 0 fully saturated rings. The highest BCUT2D eigenvalue weighted by Crippen LogP contribution is 2.31. The summed E-state index contributed by atoms with van der Waals surface area (Å²) < 4.78 is 5.33. The van der Waals surface area contributed by atoms with Gasteiger partial charge in [0, 0.05) is 12.1 Å². The van der Waals surface area contributed by atoms with E-state index in [4.69, 9.17) is 4.74 Å². The molecular weight excluding hydrogens is 226 g/mol. The Hall–Kier alpha value is -1.06. The molecule has 0 radical (unpaired) electrons. The van der Waals surface area contributed by atoms with Crippen LogP contribution in [0.1, 0.15) is 49.8 Å². The van der Waals surface area contributed by atoms with Crippen molar-refractivity contribution < 1.29 is 9.84 Å². The number of methoxy groups -OCH3 is 1. The van der Waals surface area contributed by atoms with Crippen molar-refractivity contribution in [1.82, 2.24) is 5.32 Å². The maximum atomic E-state index is 10.1. The third kappa shape index (κ3) is 3.47. The summed E-state index contributed by atoms with van der Waals surface area (Å²) in [5, 5.41) is 13.1. The lowest BCUT2D eigenvalue weighted by Crippen LogP contribution is -2.17. The Morgan fingerprint density at radius 2 is 1.94 bits per heavy atom. The van der Waals surface area contributed by atoms with Crippen LogP contribution in [0.5, 0.6) is 5.75 Å². The smallest absolute Gasteiger partial charge is 0.124 e. The summed E-state index contributed by atoms with van der Waals surface area (Å²) in [5.74, 6) is 1.31. The molecule has 1 rings (SSSR count). The van der Waals surface area contributed by atoms with Crippen LogP contribution in [-0.4, -0.2) is 25.8 Å². The largest absolute Gasteiger partial charge is 0.496 e. The Morgan fingerprint density at radius 3 is 2.44 bits per heavy atom. The van der Waals surface area contributed by atoms with Gasteiger partial charge in [-0.15, -0.1) is 0 Å². The number of rotatable bonds is 7. The van der Waals surface area contributed by atoms with Crippen LogP contribution >= 0.6 is 0 Å². The number of benzene rings is 1. The van der Waals surface area contributed by atoms with Crippen LogP contribution in [0.25, 0.3) is 0 Å². The van der Waals surface area contributed by atoms with E-state index in [1.165, 1.54) is 5.56 Å². The zero-order chi connectivity index (χ0) is 13.5.